The van der Waals surface area contributed by atoms with Gasteiger partial charge in [-0.15, -0.1) is 0 Å². The third kappa shape index (κ3) is 4.17. The second-order valence-corrected chi connectivity index (χ2v) is 1.80. The second kappa shape index (κ2) is 1.75. The van der Waals surface area contributed by atoms with E-state index in [2.05, 4.69) is 0 Å². The van der Waals surface area contributed by atoms with E-state index >= 15 is 0 Å². The van der Waals surface area contributed by atoms with Crippen molar-refractivity contribution in [2.24, 2.45) is 0 Å². The minimum atomic E-state index is -2.99. The van der Waals surface area contributed by atoms with Gasteiger partial charge in [0, 0.05) is 6.92 Å². The molecule has 0 radical (unpaired) electrons. The lowest BCUT2D eigenvalue weighted by Crippen LogP contribution is -1.99. The van der Waals surface area contributed by atoms with Gasteiger partial charge in [0.2, 0.25) is 0 Å². The van der Waals surface area contributed by atoms with Gasteiger partial charge >= 0.3 is 5.25 Å². The first-order valence-corrected chi connectivity index (χ1v) is 2.04. The van der Waals surface area contributed by atoms with Crippen molar-refractivity contribution in [1.82, 2.24) is 0 Å². The largest absolute Gasteiger partial charge is 0.325 e. The fourth-order valence-corrected chi connectivity index (χ4v) is 0. The zero-order valence-electron chi connectivity index (χ0n) is 3.11. The lowest BCUT2D eigenvalue weighted by Gasteiger charge is -1.99. The van der Waals surface area contributed by atoms with Crippen molar-refractivity contribution in [1.29, 1.82) is 0 Å². The Hall–Kier alpha value is 0.170. The van der Waals surface area contributed by atoms with Crippen molar-refractivity contribution in [3.63, 3.8) is 0 Å². The summed E-state index contributed by atoms with van der Waals surface area (Å²) in [6.07, 6.45) is 0. The Morgan fingerprint density at radius 1 is 1.67 bits per heavy atom. The molecule has 0 heterocycles. The highest BCUT2D eigenvalue weighted by molar-refractivity contribution is 7.94. The molecule has 0 aromatic carbocycles. The van der Waals surface area contributed by atoms with Crippen molar-refractivity contribution in [2.45, 2.75) is 12.2 Å². The lowest BCUT2D eigenvalue weighted by atomic mass is 10.9. The van der Waals surface area contributed by atoms with Gasteiger partial charge in [-0.05, 0) is 0 Å². The van der Waals surface area contributed by atoms with E-state index in [1.54, 1.807) is 0 Å². The van der Waals surface area contributed by atoms with Crippen LogP contribution in [0.2, 0.25) is 0 Å². The second-order valence-electron chi connectivity index (χ2n) is 0.899. The van der Waals surface area contributed by atoms with Crippen LogP contribution in [0.3, 0.4) is 0 Å². The summed E-state index contributed by atoms with van der Waals surface area (Å²) in [7, 11) is 0. The van der Waals surface area contributed by atoms with Crippen LogP contribution in [0.5, 0.6) is 0 Å². The predicted octanol–water partition coefficient (Wildman–Crippen LogP) is 1.81. The van der Waals surface area contributed by atoms with E-state index in [-0.39, 0.29) is 0 Å². The Kier molecular flexibility index (Phi) is 1.80. The number of halogens is 2. The molecule has 0 bridgehead atoms. The van der Waals surface area contributed by atoms with Gasteiger partial charge < -0.3 is 4.55 Å². The standard InChI is InChI=1S/C2H4F2OS/c1-2(3,4)6-5/h5H,1H3. The van der Waals surface area contributed by atoms with Crippen LogP contribution in [0.25, 0.3) is 0 Å². The van der Waals surface area contributed by atoms with Crippen LogP contribution in [-0.2, 0) is 0 Å². The summed E-state index contributed by atoms with van der Waals surface area (Å²) in [6, 6.07) is 0. The molecule has 0 saturated heterocycles. The molecule has 38 valence electrons. The highest BCUT2D eigenvalue weighted by Crippen LogP contribution is 2.23. The Labute approximate surface area is 38.6 Å². The van der Waals surface area contributed by atoms with Gasteiger partial charge in [0.1, 0.15) is 0 Å². The minimum Gasteiger partial charge on any atom is -0.325 e. The highest BCUT2D eigenvalue weighted by Gasteiger charge is 2.19. The van der Waals surface area contributed by atoms with E-state index in [0.29, 0.717) is 6.92 Å². The molecule has 0 atom stereocenters. The van der Waals surface area contributed by atoms with Crippen LogP contribution in [0.15, 0.2) is 0 Å². The number of alkyl halides is 2. The molecule has 1 N–H and O–H groups in total. The van der Waals surface area contributed by atoms with Gasteiger partial charge in [-0.3, -0.25) is 0 Å². The number of hydrogen-bond acceptors (Lipinski definition) is 2. The molecule has 6 heavy (non-hydrogen) atoms. The van der Waals surface area contributed by atoms with Crippen molar-refractivity contribution >= 4 is 12.0 Å². The normalized spacial score (nSPS) is 12.0. The minimum absolute atomic E-state index is 0.451. The Morgan fingerprint density at radius 2 is 1.83 bits per heavy atom. The van der Waals surface area contributed by atoms with Gasteiger partial charge in [-0.1, -0.05) is 0 Å². The Bertz CT molecular complexity index is 41.3. The summed E-state index contributed by atoms with van der Waals surface area (Å²) >= 11 is -0.451. The molecule has 0 aromatic rings. The average Bonchev–Trinajstić information content (AvgIpc) is 1.35. The smallest absolute Gasteiger partial charge is 0.314 e. The maximum Gasteiger partial charge on any atom is 0.314 e. The van der Waals surface area contributed by atoms with Crippen LogP contribution in [0, 0.1) is 0 Å². The van der Waals surface area contributed by atoms with Crippen molar-refractivity contribution in [2.75, 3.05) is 0 Å². The van der Waals surface area contributed by atoms with Crippen molar-refractivity contribution < 1.29 is 13.3 Å². The summed E-state index contributed by atoms with van der Waals surface area (Å²) in [4.78, 5) is 0. The SMILES string of the molecule is CC(F)(F)SO. The zero-order chi connectivity index (χ0) is 5.21. The monoisotopic (exact) mass is 114 g/mol. The van der Waals surface area contributed by atoms with E-state index < -0.39 is 17.3 Å². The fourth-order valence-electron chi connectivity index (χ4n) is 0. The van der Waals surface area contributed by atoms with Crippen LogP contribution >= 0.6 is 12.0 Å². The topological polar surface area (TPSA) is 20.2 Å². The molecule has 0 aliphatic carbocycles. The van der Waals surface area contributed by atoms with Crippen LogP contribution in [0.1, 0.15) is 6.92 Å². The van der Waals surface area contributed by atoms with Gasteiger partial charge in [-0.25, -0.2) is 0 Å². The summed E-state index contributed by atoms with van der Waals surface area (Å²) < 4.78 is 29.9. The Morgan fingerprint density at radius 3 is 1.83 bits per heavy atom. The van der Waals surface area contributed by atoms with Gasteiger partial charge in [0.05, 0.1) is 12.0 Å². The van der Waals surface area contributed by atoms with Crippen LogP contribution in [0.4, 0.5) is 8.78 Å². The van der Waals surface area contributed by atoms with E-state index in [0.717, 1.165) is 0 Å². The summed E-state index contributed by atoms with van der Waals surface area (Å²) in [6.45, 7) is 0.623. The number of rotatable bonds is 1. The summed E-state index contributed by atoms with van der Waals surface area (Å²) in [5, 5.41) is -2.99. The van der Waals surface area contributed by atoms with Crippen molar-refractivity contribution in [3.8, 4) is 0 Å². The van der Waals surface area contributed by atoms with E-state index in [1.165, 1.54) is 0 Å². The van der Waals surface area contributed by atoms with E-state index in [9.17, 15) is 8.78 Å². The third-order valence-corrected chi connectivity index (χ3v) is 0.481. The molecule has 1 nitrogen and oxygen atoms in total. The summed E-state index contributed by atoms with van der Waals surface area (Å²) in [5.74, 6) is 0. The molecule has 0 rings (SSSR count). The Balaban J connectivity index is 3.17. The molecule has 0 aliphatic heterocycles. The van der Waals surface area contributed by atoms with Crippen LogP contribution < -0.4 is 0 Å². The molecule has 0 spiro atoms. The molecule has 0 saturated carbocycles. The molecule has 0 aromatic heterocycles. The zero-order valence-corrected chi connectivity index (χ0v) is 3.93. The molecule has 0 amide bonds. The first-order valence-electron chi connectivity index (χ1n) is 1.26. The maximum absolute atomic E-state index is 11.2. The summed E-state index contributed by atoms with van der Waals surface area (Å²) in [5.41, 5.74) is 0. The van der Waals surface area contributed by atoms with Gasteiger partial charge in [0.15, 0.2) is 0 Å². The molecular formula is C2H4F2OS. The van der Waals surface area contributed by atoms with Crippen LogP contribution in [-0.4, -0.2) is 9.81 Å². The lowest BCUT2D eigenvalue weighted by molar-refractivity contribution is 0.122. The average molecular weight is 114 g/mol. The first kappa shape index (κ1) is 6.17. The highest BCUT2D eigenvalue weighted by atomic mass is 32.2. The molecule has 4 heteroatoms. The van der Waals surface area contributed by atoms with Gasteiger partial charge in [0.25, 0.3) is 0 Å². The first-order chi connectivity index (χ1) is 2.56. The number of hydrogen-bond donors (Lipinski definition) is 1. The van der Waals surface area contributed by atoms with E-state index in [4.69, 9.17) is 4.55 Å². The molecular weight excluding hydrogens is 110 g/mol. The van der Waals surface area contributed by atoms with Crippen molar-refractivity contribution in [3.05, 3.63) is 0 Å². The fraction of sp³-hybridized carbons (Fsp3) is 1.00. The molecule has 0 fully saturated rings. The predicted molar refractivity (Wildman–Crippen MR) is 20.8 cm³/mol. The molecule has 0 unspecified atom stereocenters. The third-order valence-electron chi connectivity index (χ3n) is 0.160. The quantitative estimate of drug-likeness (QED) is 0.524. The maximum atomic E-state index is 11.2. The van der Waals surface area contributed by atoms with Gasteiger partial charge in [-0.2, -0.15) is 8.78 Å². The van der Waals surface area contributed by atoms with E-state index in [1.807, 2.05) is 0 Å². The molecule has 0 aliphatic rings.